The lowest BCUT2D eigenvalue weighted by molar-refractivity contribution is 0.183. The number of hydrogen-bond donors (Lipinski definition) is 2. The molecule has 2 heteroatoms. The van der Waals surface area contributed by atoms with Crippen molar-refractivity contribution >= 4 is 5.69 Å². The van der Waals surface area contributed by atoms with Crippen molar-refractivity contribution in [2.75, 3.05) is 11.9 Å². The first kappa shape index (κ1) is 12.4. The SMILES string of the molecule is CCCC(CO)(Nc1ccc(C)cc1)C1CC1. The van der Waals surface area contributed by atoms with Crippen LogP contribution in [-0.2, 0) is 0 Å². The highest BCUT2D eigenvalue weighted by Crippen LogP contribution is 2.43. The van der Waals surface area contributed by atoms with Gasteiger partial charge in [0.2, 0.25) is 0 Å². The smallest absolute Gasteiger partial charge is 0.0664 e. The minimum atomic E-state index is -0.0932. The Hall–Kier alpha value is -1.02. The molecule has 0 amide bonds. The fraction of sp³-hybridized carbons (Fsp3) is 0.600. The van der Waals surface area contributed by atoms with E-state index in [0.29, 0.717) is 5.92 Å². The Morgan fingerprint density at radius 3 is 2.41 bits per heavy atom. The fourth-order valence-electron chi connectivity index (χ4n) is 2.62. The first-order valence-corrected chi connectivity index (χ1v) is 6.66. The van der Waals surface area contributed by atoms with E-state index < -0.39 is 0 Å². The van der Waals surface area contributed by atoms with Crippen molar-refractivity contribution in [3.8, 4) is 0 Å². The maximum Gasteiger partial charge on any atom is 0.0664 e. The van der Waals surface area contributed by atoms with E-state index in [-0.39, 0.29) is 12.1 Å². The molecule has 2 N–H and O–H groups in total. The second-order valence-corrected chi connectivity index (χ2v) is 5.33. The van der Waals surface area contributed by atoms with E-state index in [2.05, 4.69) is 43.4 Å². The predicted molar refractivity (Wildman–Crippen MR) is 72.3 cm³/mol. The zero-order chi connectivity index (χ0) is 12.3. The van der Waals surface area contributed by atoms with Crippen LogP contribution >= 0.6 is 0 Å². The summed E-state index contributed by atoms with van der Waals surface area (Å²) in [6, 6.07) is 8.45. The van der Waals surface area contributed by atoms with Crippen molar-refractivity contribution in [3.63, 3.8) is 0 Å². The molecule has 0 radical (unpaired) electrons. The number of aliphatic hydroxyl groups is 1. The van der Waals surface area contributed by atoms with Crippen LogP contribution in [0.25, 0.3) is 0 Å². The second-order valence-electron chi connectivity index (χ2n) is 5.33. The molecular formula is C15H23NO. The molecule has 0 saturated heterocycles. The molecule has 0 aliphatic heterocycles. The lowest BCUT2D eigenvalue weighted by Gasteiger charge is -2.34. The summed E-state index contributed by atoms with van der Waals surface area (Å²) < 4.78 is 0. The summed E-state index contributed by atoms with van der Waals surface area (Å²) >= 11 is 0. The molecule has 2 nitrogen and oxygen atoms in total. The highest BCUT2D eigenvalue weighted by molar-refractivity contribution is 5.47. The molecule has 0 heterocycles. The van der Waals surface area contributed by atoms with Crippen LogP contribution in [0.1, 0.15) is 38.2 Å². The number of nitrogens with one attached hydrogen (secondary N) is 1. The van der Waals surface area contributed by atoms with Crippen molar-refractivity contribution in [3.05, 3.63) is 29.8 Å². The Labute approximate surface area is 104 Å². The van der Waals surface area contributed by atoms with E-state index >= 15 is 0 Å². The molecule has 1 fully saturated rings. The highest BCUT2D eigenvalue weighted by Gasteiger charge is 2.44. The monoisotopic (exact) mass is 233 g/mol. The molecule has 94 valence electrons. The first-order chi connectivity index (χ1) is 8.20. The summed E-state index contributed by atoms with van der Waals surface area (Å²) in [5.41, 5.74) is 2.31. The molecule has 1 aliphatic carbocycles. The van der Waals surface area contributed by atoms with Crippen LogP contribution < -0.4 is 5.32 Å². The summed E-state index contributed by atoms with van der Waals surface area (Å²) in [4.78, 5) is 0. The van der Waals surface area contributed by atoms with Gasteiger partial charge in [-0.3, -0.25) is 0 Å². The third-order valence-corrected chi connectivity index (χ3v) is 3.78. The molecular weight excluding hydrogens is 210 g/mol. The Morgan fingerprint density at radius 1 is 1.29 bits per heavy atom. The molecule has 1 aromatic rings. The van der Waals surface area contributed by atoms with Crippen LogP contribution in [0.3, 0.4) is 0 Å². The molecule has 1 unspecified atom stereocenters. The Bertz CT molecular complexity index is 356. The molecule has 0 bridgehead atoms. The van der Waals surface area contributed by atoms with Gasteiger partial charge in [0.1, 0.15) is 0 Å². The average Bonchev–Trinajstić information content (AvgIpc) is 3.16. The normalized spacial score (nSPS) is 18.8. The quantitative estimate of drug-likeness (QED) is 0.789. The van der Waals surface area contributed by atoms with Crippen LogP contribution in [0.15, 0.2) is 24.3 Å². The minimum absolute atomic E-state index is 0.0932. The minimum Gasteiger partial charge on any atom is -0.394 e. The number of anilines is 1. The summed E-state index contributed by atoms with van der Waals surface area (Å²) in [5.74, 6) is 0.647. The summed E-state index contributed by atoms with van der Waals surface area (Å²) in [7, 11) is 0. The van der Waals surface area contributed by atoms with Gasteiger partial charge >= 0.3 is 0 Å². The number of aliphatic hydroxyl groups excluding tert-OH is 1. The zero-order valence-electron chi connectivity index (χ0n) is 10.9. The third-order valence-electron chi connectivity index (χ3n) is 3.78. The predicted octanol–water partition coefficient (Wildman–Crippen LogP) is 3.35. The zero-order valence-corrected chi connectivity index (χ0v) is 10.9. The van der Waals surface area contributed by atoms with Gasteiger partial charge in [0, 0.05) is 5.69 Å². The van der Waals surface area contributed by atoms with Gasteiger partial charge in [-0.25, -0.2) is 0 Å². The highest BCUT2D eigenvalue weighted by atomic mass is 16.3. The van der Waals surface area contributed by atoms with Crippen molar-refractivity contribution < 1.29 is 5.11 Å². The van der Waals surface area contributed by atoms with E-state index in [1.165, 1.54) is 18.4 Å². The van der Waals surface area contributed by atoms with Crippen LogP contribution in [-0.4, -0.2) is 17.3 Å². The first-order valence-electron chi connectivity index (χ1n) is 6.66. The Balaban J connectivity index is 2.13. The number of benzene rings is 1. The molecule has 17 heavy (non-hydrogen) atoms. The van der Waals surface area contributed by atoms with Crippen LogP contribution in [0.5, 0.6) is 0 Å². The van der Waals surface area contributed by atoms with E-state index in [9.17, 15) is 5.11 Å². The average molecular weight is 233 g/mol. The van der Waals surface area contributed by atoms with Gasteiger partial charge in [-0.2, -0.15) is 0 Å². The number of aryl methyl sites for hydroxylation is 1. The van der Waals surface area contributed by atoms with Gasteiger partial charge in [0.25, 0.3) is 0 Å². The van der Waals surface area contributed by atoms with Crippen LogP contribution in [0.2, 0.25) is 0 Å². The number of hydrogen-bond acceptors (Lipinski definition) is 2. The lowest BCUT2D eigenvalue weighted by Crippen LogP contribution is -2.44. The molecule has 0 spiro atoms. The third kappa shape index (κ3) is 2.81. The molecule has 1 aromatic carbocycles. The van der Waals surface area contributed by atoms with Gasteiger partial charge in [-0.05, 0) is 44.2 Å². The second kappa shape index (κ2) is 5.09. The summed E-state index contributed by atoms with van der Waals surface area (Å²) in [6.07, 6.45) is 4.65. The van der Waals surface area contributed by atoms with Gasteiger partial charge in [-0.1, -0.05) is 31.0 Å². The van der Waals surface area contributed by atoms with Crippen LogP contribution in [0, 0.1) is 12.8 Å². The Morgan fingerprint density at radius 2 is 1.94 bits per heavy atom. The van der Waals surface area contributed by atoms with Crippen molar-refractivity contribution in [2.45, 2.75) is 45.1 Å². The van der Waals surface area contributed by atoms with Crippen LogP contribution in [0.4, 0.5) is 5.69 Å². The Kier molecular flexibility index (Phi) is 3.72. The van der Waals surface area contributed by atoms with E-state index in [4.69, 9.17) is 0 Å². The van der Waals surface area contributed by atoms with E-state index in [1.807, 2.05) is 0 Å². The molecule has 1 aliphatic rings. The standard InChI is InChI=1S/C15H23NO/c1-3-10-15(11-17,13-6-7-13)16-14-8-4-12(2)5-9-14/h4-5,8-9,13,16-17H,3,6-7,10-11H2,1-2H3. The summed E-state index contributed by atoms with van der Waals surface area (Å²) in [6.45, 7) is 4.51. The molecule has 0 aromatic heterocycles. The van der Waals surface area contributed by atoms with Gasteiger partial charge < -0.3 is 10.4 Å². The molecule has 1 saturated carbocycles. The largest absolute Gasteiger partial charge is 0.394 e. The molecule has 2 rings (SSSR count). The van der Waals surface area contributed by atoms with Crippen molar-refractivity contribution in [1.29, 1.82) is 0 Å². The van der Waals surface area contributed by atoms with Gasteiger partial charge in [0.15, 0.2) is 0 Å². The number of rotatable bonds is 6. The molecule has 1 atom stereocenters. The van der Waals surface area contributed by atoms with Gasteiger partial charge in [0.05, 0.1) is 12.1 Å². The lowest BCUT2D eigenvalue weighted by atomic mass is 9.88. The van der Waals surface area contributed by atoms with Gasteiger partial charge in [-0.15, -0.1) is 0 Å². The van der Waals surface area contributed by atoms with E-state index in [1.54, 1.807) is 0 Å². The van der Waals surface area contributed by atoms with E-state index in [0.717, 1.165) is 18.5 Å². The maximum atomic E-state index is 9.77. The topological polar surface area (TPSA) is 32.3 Å². The fourth-order valence-corrected chi connectivity index (χ4v) is 2.62. The van der Waals surface area contributed by atoms with Crippen molar-refractivity contribution in [2.24, 2.45) is 5.92 Å². The maximum absolute atomic E-state index is 9.77. The van der Waals surface area contributed by atoms with Crippen molar-refractivity contribution in [1.82, 2.24) is 0 Å². The summed E-state index contributed by atoms with van der Waals surface area (Å²) in [5, 5.41) is 13.4.